The normalized spacial score (nSPS) is 12.2. The lowest BCUT2D eigenvalue weighted by Gasteiger charge is -2.25. The number of para-hydroxylation sites is 2. The Morgan fingerprint density at radius 2 is 1.79 bits per heavy atom. The van der Waals surface area contributed by atoms with Gasteiger partial charge >= 0.3 is 0 Å². The van der Waals surface area contributed by atoms with Gasteiger partial charge in [-0.1, -0.05) is 30.7 Å². The third-order valence-corrected chi connectivity index (χ3v) is 5.64. The molecule has 0 saturated carbocycles. The third kappa shape index (κ3) is 6.73. The van der Waals surface area contributed by atoms with Gasteiger partial charge in [0.25, 0.3) is 0 Å². The maximum absolute atomic E-state index is 10.5. The van der Waals surface area contributed by atoms with Crippen LogP contribution in [0.1, 0.15) is 31.5 Å². The molecule has 8 heteroatoms. The molecule has 184 valence electrons. The van der Waals surface area contributed by atoms with Crippen LogP contribution in [-0.2, 0) is 11.3 Å². The van der Waals surface area contributed by atoms with Crippen molar-refractivity contribution >= 4 is 11.6 Å². The van der Waals surface area contributed by atoms with Gasteiger partial charge in [-0.15, -0.1) is 0 Å². The molecule has 7 nitrogen and oxygen atoms in total. The Labute approximate surface area is 206 Å². The molecule has 0 saturated heterocycles. The van der Waals surface area contributed by atoms with Crippen molar-refractivity contribution < 1.29 is 19.3 Å². The standard InChI is InChI=1S/C26H34ClN3O4/c1-5-15-29(16-22(31)18-33-6-2)17-23-19(3)28-30(21-13-11-20(27)12-14-21)26(23)34-25-10-8-7-9-24(25)32-4/h7-14,22,31H,5-6,15-18H2,1-4H3. The minimum absolute atomic E-state index is 0.310. The first-order valence-corrected chi connectivity index (χ1v) is 12.0. The Bertz CT molecular complexity index is 1040. The highest BCUT2D eigenvalue weighted by Crippen LogP contribution is 2.36. The van der Waals surface area contributed by atoms with Crippen molar-refractivity contribution in [1.82, 2.24) is 14.7 Å². The summed E-state index contributed by atoms with van der Waals surface area (Å²) in [5, 5.41) is 15.9. The van der Waals surface area contributed by atoms with Crippen molar-refractivity contribution in [2.75, 3.05) is 33.4 Å². The van der Waals surface area contributed by atoms with E-state index in [0.717, 1.165) is 29.9 Å². The second-order valence-electron chi connectivity index (χ2n) is 8.06. The van der Waals surface area contributed by atoms with E-state index in [9.17, 15) is 5.11 Å². The Hall–Kier alpha value is -2.58. The quantitative estimate of drug-likeness (QED) is 0.355. The zero-order valence-corrected chi connectivity index (χ0v) is 21.1. The summed E-state index contributed by atoms with van der Waals surface area (Å²) >= 11 is 6.11. The van der Waals surface area contributed by atoms with Gasteiger partial charge in [0, 0.05) is 24.7 Å². The molecule has 0 spiro atoms. The van der Waals surface area contributed by atoms with E-state index in [2.05, 4.69) is 11.8 Å². The third-order valence-electron chi connectivity index (χ3n) is 5.39. The molecule has 1 N–H and O–H groups in total. The van der Waals surface area contributed by atoms with Crippen LogP contribution in [0, 0.1) is 6.92 Å². The molecule has 3 aromatic rings. The predicted molar refractivity (Wildman–Crippen MR) is 134 cm³/mol. The van der Waals surface area contributed by atoms with Crippen molar-refractivity contribution in [3.8, 4) is 23.1 Å². The minimum atomic E-state index is -0.572. The molecular formula is C26H34ClN3O4. The molecule has 34 heavy (non-hydrogen) atoms. The Morgan fingerprint density at radius 3 is 2.44 bits per heavy atom. The van der Waals surface area contributed by atoms with Crippen molar-refractivity contribution in [3.63, 3.8) is 0 Å². The van der Waals surface area contributed by atoms with E-state index in [4.69, 9.17) is 30.9 Å². The first-order valence-electron chi connectivity index (χ1n) is 11.6. The summed E-state index contributed by atoms with van der Waals surface area (Å²) in [6.45, 7) is 8.79. The van der Waals surface area contributed by atoms with Crippen LogP contribution in [0.25, 0.3) is 5.69 Å². The number of nitrogens with zero attached hydrogens (tertiary/aromatic N) is 3. The van der Waals surface area contributed by atoms with Gasteiger partial charge in [0.2, 0.25) is 5.88 Å². The van der Waals surface area contributed by atoms with Gasteiger partial charge in [-0.25, -0.2) is 4.68 Å². The Morgan fingerprint density at radius 1 is 1.09 bits per heavy atom. The average molecular weight is 488 g/mol. The van der Waals surface area contributed by atoms with Crippen LogP contribution >= 0.6 is 11.6 Å². The summed E-state index contributed by atoms with van der Waals surface area (Å²) in [6, 6.07) is 15.0. The van der Waals surface area contributed by atoms with E-state index in [1.807, 2.05) is 62.4 Å². The van der Waals surface area contributed by atoms with Gasteiger partial charge < -0.3 is 19.3 Å². The predicted octanol–water partition coefficient (Wildman–Crippen LogP) is 5.24. The number of rotatable bonds is 13. The molecule has 1 heterocycles. The van der Waals surface area contributed by atoms with Crippen LogP contribution < -0.4 is 9.47 Å². The Kier molecular flexibility index (Phi) is 9.77. The first kappa shape index (κ1) is 26.0. The molecule has 0 aliphatic rings. The molecule has 0 amide bonds. The largest absolute Gasteiger partial charge is 0.493 e. The number of methoxy groups -OCH3 is 1. The molecule has 0 aliphatic carbocycles. The van der Waals surface area contributed by atoms with E-state index in [-0.39, 0.29) is 0 Å². The van der Waals surface area contributed by atoms with Gasteiger partial charge in [0.05, 0.1) is 36.8 Å². The van der Waals surface area contributed by atoms with Gasteiger partial charge in [0.15, 0.2) is 11.5 Å². The van der Waals surface area contributed by atoms with Crippen molar-refractivity contribution in [1.29, 1.82) is 0 Å². The van der Waals surface area contributed by atoms with Gasteiger partial charge in [-0.3, -0.25) is 4.90 Å². The summed E-state index contributed by atoms with van der Waals surface area (Å²) in [6.07, 6.45) is 0.380. The SMILES string of the molecule is CCCN(Cc1c(C)nn(-c2ccc(Cl)cc2)c1Oc1ccccc1OC)CC(O)COCC. The summed E-state index contributed by atoms with van der Waals surface area (Å²) in [7, 11) is 1.62. The molecule has 2 aromatic carbocycles. The van der Waals surface area contributed by atoms with Gasteiger partial charge in [-0.2, -0.15) is 5.10 Å². The maximum atomic E-state index is 10.5. The smallest absolute Gasteiger partial charge is 0.227 e. The highest BCUT2D eigenvalue weighted by atomic mass is 35.5. The number of aryl methyl sites for hydroxylation is 1. The number of aliphatic hydroxyl groups is 1. The number of hydrogen-bond donors (Lipinski definition) is 1. The van der Waals surface area contributed by atoms with Crippen molar-refractivity contribution in [2.24, 2.45) is 0 Å². The highest BCUT2D eigenvalue weighted by molar-refractivity contribution is 6.30. The van der Waals surface area contributed by atoms with Crippen LogP contribution in [0.5, 0.6) is 17.4 Å². The maximum Gasteiger partial charge on any atom is 0.227 e. The fourth-order valence-electron chi connectivity index (χ4n) is 3.77. The second kappa shape index (κ2) is 12.8. The van der Waals surface area contributed by atoms with E-state index >= 15 is 0 Å². The number of hydrogen-bond acceptors (Lipinski definition) is 6. The van der Waals surface area contributed by atoms with E-state index in [1.165, 1.54) is 0 Å². The van der Waals surface area contributed by atoms with E-state index in [1.54, 1.807) is 11.8 Å². The second-order valence-corrected chi connectivity index (χ2v) is 8.50. The molecule has 0 radical (unpaired) electrons. The molecule has 0 aliphatic heterocycles. The lowest BCUT2D eigenvalue weighted by Crippen LogP contribution is -2.35. The number of aliphatic hydroxyl groups excluding tert-OH is 1. The van der Waals surface area contributed by atoms with Crippen LogP contribution in [-0.4, -0.2) is 59.3 Å². The number of aromatic nitrogens is 2. The van der Waals surface area contributed by atoms with Crippen LogP contribution in [0.4, 0.5) is 0 Å². The number of halogens is 1. The zero-order valence-electron chi connectivity index (χ0n) is 20.3. The van der Waals surface area contributed by atoms with E-state index in [0.29, 0.717) is 48.7 Å². The summed E-state index contributed by atoms with van der Waals surface area (Å²) in [5.74, 6) is 1.83. The topological polar surface area (TPSA) is 69.0 Å². The molecule has 1 unspecified atom stereocenters. The lowest BCUT2D eigenvalue weighted by molar-refractivity contribution is 0.0195. The molecule has 1 atom stereocenters. The number of benzene rings is 2. The lowest BCUT2D eigenvalue weighted by atomic mass is 10.2. The van der Waals surface area contributed by atoms with Gasteiger partial charge in [0.1, 0.15) is 0 Å². The van der Waals surface area contributed by atoms with Crippen LogP contribution in [0.3, 0.4) is 0 Å². The van der Waals surface area contributed by atoms with Gasteiger partial charge in [-0.05, 0) is 63.2 Å². The highest BCUT2D eigenvalue weighted by Gasteiger charge is 2.23. The minimum Gasteiger partial charge on any atom is -0.493 e. The summed E-state index contributed by atoms with van der Waals surface area (Å²) < 4.78 is 19.1. The first-order chi connectivity index (χ1) is 16.5. The average Bonchev–Trinajstić information content (AvgIpc) is 3.13. The number of ether oxygens (including phenoxy) is 3. The fraction of sp³-hybridized carbons (Fsp3) is 0.423. The zero-order chi connectivity index (χ0) is 24.5. The van der Waals surface area contributed by atoms with E-state index < -0.39 is 6.10 Å². The Balaban J connectivity index is 2.00. The summed E-state index contributed by atoms with van der Waals surface area (Å²) in [4.78, 5) is 2.20. The fourth-order valence-corrected chi connectivity index (χ4v) is 3.90. The molecule has 1 aromatic heterocycles. The van der Waals surface area contributed by atoms with Crippen molar-refractivity contribution in [3.05, 3.63) is 64.8 Å². The van der Waals surface area contributed by atoms with Crippen LogP contribution in [0.2, 0.25) is 5.02 Å². The monoisotopic (exact) mass is 487 g/mol. The molecule has 0 fully saturated rings. The summed E-state index contributed by atoms with van der Waals surface area (Å²) in [5.41, 5.74) is 2.63. The molecule has 0 bridgehead atoms. The van der Waals surface area contributed by atoms with Crippen LogP contribution in [0.15, 0.2) is 48.5 Å². The van der Waals surface area contributed by atoms with Crippen molar-refractivity contribution in [2.45, 2.75) is 39.8 Å². The molecule has 3 rings (SSSR count). The molecular weight excluding hydrogens is 454 g/mol.